The molecule has 0 aliphatic heterocycles. The average Bonchev–Trinajstić information content (AvgIpc) is 2.02. The number of hydrogen-bond donors (Lipinski definition) is 0. The predicted octanol–water partition coefficient (Wildman–Crippen LogP) is 3.32. The minimum Gasteiger partial charge on any atom is -0.394 e. The summed E-state index contributed by atoms with van der Waals surface area (Å²) in [5, 5.41) is 0.160. The van der Waals surface area contributed by atoms with Gasteiger partial charge in [0.15, 0.2) is 0 Å². The highest BCUT2D eigenvalue weighted by atomic mass is 28.4. The summed E-state index contributed by atoms with van der Waals surface area (Å²) in [6.07, 6.45) is 0. The van der Waals surface area contributed by atoms with Gasteiger partial charge < -0.3 is 8.85 Å². The molecule has 0 aliphatic carbocycles. The van der Waals surface area contributed by atoms with Crippen molar-refractivity contribution in [3.05, 3.63) is 0 Å². The highest BCUT2D eigenvalue weighted by molar-refractivity contribution is 6.70. The van der Waals surface area contributed by atoms with Crippen molar-refractivity contribution in [2.45, 2.75) is 52.6 Å². The molecule has 0 heterocycles. The Morgan fingerprint density at radius 2 is 1.31 bits per heavy atom. The Balaban J connectivity index is 4.64. The lowest BCUT2D eigenvalue weighted by atomic mass is 10.2. The van der Waals surface area contributed by atoms with Crippen LogP contribution < -0.4 is 0 Å². The fourth-order valence-corrected chi connectivity index (χ4v) is 5.03. The van der Waals surface area contributed by atoms with Gasteiger partial charge in [-0.15, -0.1) is 0 Å². The molecule has 0 amide bonds. The van der Waals surface area contributed by atoms with Crippen LogP contribution in [0.2, 0.25) is 11.1 Å². The summed E-state index contributed by atoms with van der Waals surface area (Å²) in [5.74, 6) is 0. The second-order valence-corrected chi connectivity index (χ2v) is 8.51. The van der Waals surface area contributed by atoms with Crippen molar-refractivity contribution in [2.24, 2.45) is 0 Å². The average molecular weight is 204 g/mol. The minimum absolute atomic E-state index is 0.160. The molecule has 0 atom stereocenters. The van der Waals surface area contributed by atoms with Crippen LogP contribution in [0.5, 0.6) is 0 Å². The van der Waals surface area contributed by atoms with Crippen LogP contribution in [0.1, 0.15) is 41.5 Å². The molecule has 0 bridgehead atoms. The highest BCUT2D eigenvalue weighted by Gasteiger charge is 2.47. The second-order valence-electron chi connectivity index (χ2n) is 4.22. The first-order chi connectivity index (χ1) is 5.93. The summed E-state index contributed by atoms with van der Waals surface area (Å²) >= 11 is 0. The Kier molecular flexibility index (Phi) is 5.18. The van der Waals surface area contributed by atoms with E-state index < -0.39 is 8.56 Å². The van der Waals surface area contributed by atoms with Crippen molar-refractivity contribution in [2.75, 3.05) is 13.2 Å². The maximum Gasteiger partial charge on any atom is 0.343 e. The molecule has 13 heavy (non-hydrogen) atoms. The third-order valence-electron chi connectivity index (χ3n) is 2.36. The van der Waals surface area contributed by atoms with Gasteiger partial charge in [0.2, 0.25) is 0 Å². The zero-order valence-corrected chi connectivity index (χ0v) is 10.9. The lowest BCUT2D eigenvalue weighted by molar-refractivity contribution is 0.161. The monoisotopic (exact) mass is 204 g/mol. The lowest BCUT2D eigenvalue weighted by Gasteiger charge is -2.39. The van der Waals surface area contributed by atoms with Gasteiger partial charge in [-0.05, 0) is 19.9 Å². The summed E-state index contributed by atoms with van der Waals surface area (Å²) < 4.78 is 11.8. The summed E-state index contributed by atoms with van der Waals surface area (Å²) in [6.45, 7) is 14.4. The number of hydrogen-bond acceptors (Lipinski definition) is 2. The van der Waals surface area contributed by atoms with Crippen LogP contribution in [0.3, 0.4) is 0 Å². The predicted molar refractivity (Wildman–Crippen MR) is 59.2 cm³/mol. The Morgan fingerprint density at radius 3 is 1.46 bits per heavy atom. The Labute approximate surface area is 83.9 Å². The molecule has 0 saturated heterocycles. The van der Waals surface area contributed by atoms with E-state index >= 15 is 0 Å². The van der Waals surface area contributed by atoms with E-state index in [0.29, 0.717) is 0 Å². The van der Waals surface area contributed by atoms with Crippen LogP contribution in [0.15, 0.2) is 0 Å². The zero-order chi connectivity index (χ0) is 10.5. The van der Waals surface area contributed by atoms with Crippen LogP contribution in [0.25, 0.3) is 0 Å². The van der Waals surface area contributed by atoms with Crippen LogP contribution in [-0.2, 0) is 8.85 Å². The van der Waals surface area contributed by atoms with Gasteiger partial charge in [-0.25, -0.2) is 0 Å². The molecular formula is C10H24O2Si. The van der Waals surface area contributed by atoms with Gasteiger partial charge in [-0.3, -0.25) is 0 Å². The van der Waals surface area contributed by atoms with E-state index in [1.165, 1.54) is 0 Å². The fraction of sp³-hybridized carbons (Fsp3) is 1.00. The first kappa shape index (κ1) is 13.1. The van der Waals surface area contributed by atoms with Crippen molar-refractivity contribution >= 4 is 8.56 Å². The molecule has 0 rings (SSSR count). The Bertz CT molecular complexity index is 134. The summed E-state index contributed by atoms with van der Waals surface area (Å²) in [4.78, 5) is 0. The van der Waals surface area contributed by atoms with Crippen molar-refractivity contribution in [1.82, 2.24) is 0 Å². The van der Waals surface area contributed by atoms with Gasteiger partial charge in [-0.1, -0.05) is 27.7 Å². The van der Waals surface area contributed by atoms with E-state index in [1.807, 2.05) is 13.8 Å². The van der Waals surface area contributed by atoms with E-state index in [1.54, 1.807) is 0 Å². The molecule has 0 fully saturated rings. The maximum atomic E-state index is 5.90. The third kappa shape index (κ3) is 3.08. The standard InChI is InChI=1S/C10H24O2Si/c1-7-11-13(9-3,12-8-2)10(4,5)6/h7-9H2,1-6H3. The maximum absolute atomic E-state index is 5.90. The fourth-order valence-electron chi connectivity index (χ4n) is 1.68. The Hall–Kier alpha value is 0.137. The van der Waals surface area contributed by atoms with Crippen LogP contribution in [0.4, 0.5) is 0 Å². The minimum atomic E-state index is -1.97. The van der Waals surface area contributed by atoms with Crippen LogP contribution >= 0.6 is 0 Å². The molecule has 0 radical (unpaired) electrons. The largest absolute Gasteiger partial charge is 0.394 e. The smallest absolute Gasteiger partial charge is 0.343 e. The van der Waals surface area contributed by atoms with Crippen molar-refractivity contribution in [3.8, 4) is 0 Å². The molecule has 80 valence electrons. The molecule has 2 nitrogen and oxygen atoms in total. The quantitative estimate of drug-likeness (QED) is 0.640. The van der Waals surface area contributed by atoms with E-state index in [9.17, 15) is 0 Å². The van der Waals surface area contributed by atoms with Crippen molar-refractivity contribution in [1.29, 1.82) is 0 Å². The molecule has 0 aromatic rings. The first-order valence-electron chi connectivity index (χ1n) is 5.21. The molecule has 0 aliphatic rings. The normalized spacial score (nSPS) is 13.4. The third-order valence-corrected chi connectivity index (χ3v) is 7.09. The summed E-state index contributed by atoms with van der Waals surface area (Å²) in [6, 6.07) is 1.03. The molecule has 0 aromatic heterocycles. The highest BCUT2D eigenvalue weighted by Crippen LogP contribution is 2.40. The van der Waals surface area contributed by atoms with Crippen LogP contribution in [-0.4, -0.2) is 21.8 Å². The summed E-state index contributed by atoms with van der Waals surface area (Å²) in [5.41, 5.74) is 0. The van der Waals surface area contributed by atoms with Crippen molar-refractivity contribution < 1.29 is 8.85 Å². The van der Waals surface area contributed by atoms with E-state index in [-0.39, 0.29) is 5.04 Å². The molecular weight excluding hydrogens is 180 g/mol. The molecule has 0 saturated carbocycles. The second kappa shape index (κ2) is 5.13. The summed E-state index contributed by atoms with van der Waals surface area (Å²) in [7, 11) is -1.97. The van der Waals surface area contributed by atoms with Gasteiger partial charge >= 0.3 is 8.56 Å². The van der Waals surface area contributed by atoms with Gasteiger partial charge in [0.05, 0.1) is 0 Å². The molecule has 3 heteroatoms. The Morgan fingerprint density at radius 1 is 0.923 bits per heavy atom. The SMILES string of the molecule is CCO[Si](CC)(OCC)C(C)(C)C. The zero-order valence-electron chi connectivity index (χ0n) is 9.94. The molecule has 0 spiro atoms. The van der Waals surface area contributed by atoms with Crippen molar-refractivity contribution in [3.63, 3.8) is 0 Å². The van der Waals surface area contributed by atoms with E-state index in [0.717, 1.165) is 19.3 Å². The molecule has 0 N–H and O–H groups in total. The topological polar surface area (TPSA) is 18.5 Å². The number of rotatable bonds is 5. The van der Waals surface area contributed by atoms with Gasteiger partial charge in [-0.2, -0.15) is 0 Å². The molecule has 0 aromatic carbocycles. The van der Waals surface area contributed by atoms with Gasteiger partial charge in [0, 0.05) is 18.3 Å². The lowest BCUT2D eigenvalue weighted by Crippen LogP contribution is -2.49. The van der Waals surface area contributed by atoms with Crippen LogP contribution in [0, 0.1) is 0 Å². The van der Waals surface area contributed by atoms with Gasteiger partial charge in [0.1, 0.15) is 0 Å². The van der Waals surface area contributed by atoms with Gasteiger partial charge in [0.25, 0.3) is 0 Å². The van der Waals surface area contributed by atoms with E-state index in [4.69, 9.17) is 8.85 Å². The molecule has 0 unspecified atom stereocenters. The first-order valence-corrected chi connectivity index (χ1v) is 7.23. The van der Waals surface area contributed by atoms with E-state index in [2.05, 4.69) is 27.7 Å².